The molecule has 2 heteroatoms. The van der Waals surface area contributed by atoms with E-state index in [0.717, 1.165) is 16.7 Å². The van der Waals surface area contributed by atoms with Crippen molar-refractivity contribution in [3.63, 3.8) is 0 Å². The van der Waals surface area contributed by atoms with Crippen LogP contribution in [0.1, 0.15) is 33.3 Å². The highest BCUT2D eigenvalue weighted by Crippen LogP contribution is 2.14. The van der Waals surface area contributed by atoms with Crippen LogP contribution in [0.25, 0.3) is 11.1 Å². The summed E-state index contributed by atoms with van der Waals surface area (Å²) in [6.45, 7) is 10.0. The van der Waals surface area contributed by atoms with E-state index in [2.05, 4.69) is 4.98 Å². The number of nitrogens with zero attached hydrogens (tertiary/aromatic N) is 1. The number of aryl methyl sites for hydroxylation is 1. The van der Waals surface area contributed by atoms with Gasteiger partial charge in [-0.25, -0.2) is 4.98 Å². The third kappa shape index (κ3) is 2.87. The molecule has 0 aliphatic carbocycles. The molecule has 14 heavy (non-hydrogen) atoms. The van der Waals surface area contributed by atoms with Gasteiger partial charge in [0.1, 0.15) is 5.52 Å². The third-order valence-electron chi connectivity index (χ3n) is 1.56. The van der Waals surface area contributed by atoms with E-state index < -0.39 is 0 Å². The lowest BCUT2D eigenvalue weighted by Gasteiger charge is -1.88. The topological polar surface area (TPSA) is 26.0 Å². The lowest BCUT2D eigenvalue weighted by Crippen LogP contribution is -1.72. The normalized spacial score (nSPS) is 8.36. The Morgan fingerprint density at radius 3 is 2.29 bits per heavy atom. The van der Waals surface area contributed by atoms with Crippen LogP contribution < -0.4 is 0 Å². The highest BCUT2D eigenvalue weighted by molar-refractivity contribution is 5.75. The highest BCUT2D eigenvalue weighted by Gasteiger charge is 1.97. The maximum absolute atomic E-state index is 5.09. The minimum Gasteiger partial charge on any atom is -0.443 e. The third-order valence-corrected chi connectivity index (χ3v) is 1.56. The Bertz CT molecular complexity index is 352. The van der Waals surface area contributed by atoms with Crippen molar-refractivity contribution in [1.29, 1.82) is 0 Å². The van der Waals surface area contributed by atoms with Crippen LogP contribution in [-0.4, -0.2) is 4.98 Å². The first-order chi connectivity index (χ1) is 6.88. The fourth-order valence-corrected chi connectivity index (χ4v) is 1.03. The molecule has 0 N–H and O–H groups in total. The van der Waals surface area contributed by atoms with Gasteiger partial charge in [0.2, 0.25) is 0 Å². The minimum absolute atomic E-state index is 0.861. The van der Waals surface area contributed by atoms with Gasteiger partial charge in [0.05, 0.1) is 0 Å². The zero-order chi connectivity index (χ0) is 11.0. The number of rotatable bonds is 0. The number of hydrogen-bond acceptors (Lipinski definition) is 2. The molecule has 0 radical (unpaired) electrons. The van der Waals surface area contributed by atoms with Crippen molar-refractivity contribution in [2.24, 2.45) is 0 Å². The molecule has 0 saturated heterocycles. The molecule has 0 fully saturated rings. The summed E-state index contributed by atoms with van der Waals surface area (Å²) < 4.78 is 5.09. The van der Waals surface area contributed by atoms with Crippen LogP contribution in [0.2, 0.25) is 0 Å². The fraction of sp³-hybridized carbons (Fsp3) is 0.417. The van der Waals surface area contributed by atoms with E-state index in [1.54, 1.807) is 0 Å². The van der Waals surface area contributed by atoms with E-state index in [9.17, 15) is 0 Å². The monoisotopic (exact) mass is 193 g/mol. The molecule has 1 aromatic heterocycles. The fourth-order valence-electron chi connectivity index (χ4n) is 1.03. The molecule has 0 saturated carbocycles. The minimum atomic E-state index is 0.861. The maximum Gasteiger partial charge on any atom is 0.181 e. The predicted octanol–water partition coefficient (Wildman–Crippen LogP) is 4.19. The van der Waals surface area contributed by atoms with Crippen LogP contribution in [0.15, 0.2) is 29.0 Å². The molecular weight excluding hydrogens is 174 g/mol. The van der Waals surface area contributed by atoms with Crippen molar-refractivity contribution in [3.05, 3.63) is 30.2 Å². The Balaban J connectivity index is 0.000000379. The van der Waals surface area contributed by atoms with Crippen LogP contribution in [0.5, 0.6) is 0 Å². The van der Waals surface area contributed by atoms with E-state index in [1.807, 2.05) is 52.8 Å². The van der Waals surface area contributed by atoms with E-state index in [0.29, 0.717) is 0 Å². The van der Waals surface area contributed by atoms with Crippen LogP contribution in [-0.2, 0) is 0 Å². The van der Waals surface area contributed by atoms with E-state index in [-0.39, 0.29) is 0 Å². The summed E-state index contributed by atoms with van der Waals surface area (Å²) in [7, 11) is 0. The predicted molar refractivity (Wildman–Crippen MR) is 61.4 cm³/mol. The Morgan fingerprint density at radius 1 is 1.07 bits per heavy atom. The second kappa shape index (κ2) is 7.13. The van der Waals surface area contributed by atoms with Crippen LogP contribution in [0.4, 0.5) is 0 Å². The molecule has 0 atom stereocenters. The van der Waals surface area contributed by atoms with Gasteiger partial charge in [0.15, 0.2) is 12.0 Å². The van der Waals surface area contributed by atoms with Gasteiger partial charge in [0, 0.05) is 0 Å². The Morgan fingerprint density at radius 2 is 1.71 bits per heavy atom. The molecule has 0 bridgehead atoms. The first kappa shape index (κ1) is 12.7. The van der Waals surface area contributed by atoms with Crippen molar-refractivity contribution in [3.8, 4) is 0 Å². The number of benzene rings is 1. The molecule has 1 heterocycles. The number of oxazole rings is 1. The first-order valence-electron chi connectivity index (χ1n) is 5.17. The first-order valence-corrected chi connectivity index (χ1v) is 5.17. The van der Waals surface area contributed by atoms with E-state index in [1.165, 1.54) is 6.39 Å². The van der Waals surface area contributed by atoms with E-state index >= 15 is 0 Å². The van der Waals surface area contributed by atoms with Crippen molar-refractivity contribution in [2.75, 3.05) is 0 Å². The molecule has 0 spiro atoms. The molecule has 2 rings (SSSR count). The number of aromatic nitrogens is 1. The quantitative estimate of drug-likeness (QED) is 0.627. The standard InChI is InChI=1S/C8H7NO.2C2H6/c1-6-3-2-4-7-8(6)9-5-10-7;2*1-2/h2-5H,1H3;2*1-2H3. The summed E-state index contributed by atoms with van der Waals surface area (Å²) in [4.78, 5) is 4.05. The summed E-state index contributed by atoms with van der Waals surface area (Å²) in [5.74, 6) is 0. The SMILES string of the molecule is CC.CC.Cc1cccc2ocnc12. The molecule has 0 unspecified atom stereocenters. The average Bonchev–Trinajstić information content (AvgIpc) is 2.73. The largest absolute Gasteiger partial charge is 0.443 e. The molecule has 1 aromatic carbocycles. The number of para-hydroxylation sites is 1. The second-order valence-electron chi connectivity index (χ2n) is 2.27. The van der Waals surface area contributed by atoms with Gasteiger partial charge in [-0.1, -0.05) is 39.8 Å². The number of fused-ring (bicyclic) bond motifs is 1. The summed E-state index contributed by atoms with van der Waals surface area (Å²) in [5.41, 5.74) is 2.98. The van der Waals surface area contributed by atoms with E-state index in [4.69, 9.17) is 4.42 Å². The Labute approximate surface area is 86.0 Å². The summed E-state index contributed by atoms with van der Waals surface area (Å²) in [6, 6.07) is 5.89. The van der Waals surface area contributed by atoms with Gasteiger partial charge in [0.25, 0.3) is 0 Å². The van der Waals surface area contributed by atoms with Gasteiger partial charge in [-0.3, -0.25) is 0 Å². The van der Waals surface area contributed by atoms with Gasteiger partial charge in [-0.2, -0.15) is 0 Å². The van der Waals surface area contributed by atoms with Crippen molar-refractivity contribution < 1.29 is 4.42 Å². The number of hydrogen-bond donors (Lipinski definition) is 0. The van der Waals surface area contributed by atoms with Crippen LogP contribution in [0, 0.1) is 6.92 Å². The summed E-state index contributed by atoms with van der Waals surface area (Å²) in [5, 5.41) is 0. The Hall–Kier alpha value is -1.31. The average molecular weight is 193 g/mol. The van der Waals surface area contributed by atoms with Gasteiger partial charge in [-0.05, 0) is 18.6 Å². The lowest BCUT2D eigenvalue weighted by atomic mass is 10.2. The van der Waals surface area contributed by atoms with Crippen LogP contribution >= 0.6 is 0 Å². The maximum atomic E-state index is 5.09. The van der Waals surface area contributed by atoms with Crippen molar-refractivity contribution in [1.82, 2.24) is 4.98 Å². The molecular formula is C12H19NO. The summed E-state index contributed by atoms with van der Waals surface area (Å²) >= 11 is 0. The molecule has 78 valence electrons. The van der Waals surface area contributed by atoms with Gasteiger partial charge >= 0.3 is 0 Å². The van der Waals surface area contributed by atoms with Crippen molar-refractivity contribution in [2.45, 2.75) is 34.6 Å². The molecule has 0 aliphatic rings. The zero-order valence-corrected chi connectivity index (χ0v) is 9.66. The molecule has 0 amide bonds. The smallest absolute Gasteiger partial charge is 0.181 e. The zero-order valence-electron chi connectivity index (χ0n) is 9.66. The van der Waals surface area contributed by atoms with Gasteiger partial charge in [-0.15, -0.1) is 0 Å². The van der Waals surface area contributed by atoms with Gasteiger partial charge < -0.3 is 4.42 Å². The lowest BCUT2D eigenvalue weighted by molar-refractivity contribution is 0.602. The van der Waals surface area contributed by atoms with Crippen LogP contribution in [0.3, 0.4) is 0 Å². The highest BCUT2D eigenvalue weighted by atomic mass is 16.3. The molecule has 0 aliphatic heterocycles. The van der Waals surface area contributed by atoms with Crippen molar-refractivity contribution >= 4 is 11.1 Å². The molecule has 2 nitrogen and oxygen atoms in total. The molecule has 2 aromatic rings. The Kier molecular flexibility index (Phi) is 6.46. The summed E-state index contributed by atoms with van der Waals surface area (Å²) in [6.07, 6.45) is 1.47. The second-order valence-corrected chi connectivity index (χ2v) is 2.27.